The first-order valence-electron chi connectivity index (χ1n) is 9.90. The van der Waals surface area contributed by atoms with Crippen LogP contribution in [0.5, 0.6) is 0 Å². The maximum absolute atomic E-state index is 14.5. The van der Waals surface area contributed by atoms with E-state index in [0.29, 0.717) is 27.9 Å². The minimum Gasteiger partial charge on any atom is -0.330 e. The Morgan fingerprint density at radius 2 is 2.14 bits per heavy atom. The number of hydrogen-bond acceptors (Lipinski definition) is 6. The lowest BCUT2D eigenvalue weighted by Crippen LogP contribution is -2.24. The van der Waals surface area contributed by atoms with Crippen molar-refractivity contribution in [2.24, 2.45) is 11.7 Å². The first-order valence-corrected chi connectivity index (χ1v) is 12.8. The summed E-state index contributed by atoms with van der Waals surface area (Å²) in [6.07, 6.45) is 6.33. The number of aryl methyl sites for hydroxylation is 1. The van der Waals surface area contributed by atoms with E-state index in [1.54, 1.807) is 5.38 Å². The second-order valence-electron chi connectivity index (χ2n) is 7.56. The van der Waals surface area contributed by atoms with Gasteiger partial charge in [0.2, 0.25) is 0 Å². The maximum Gasteiger partial charge on any atom is 0.187 e. The van der Waals surface area contributed by atoms with Gasteiger partial charge in [0.15, 0.2) is 9.84 Å². The van der Waals surface area contributed by atoms with Gasteiger partial charge in [0, 0.05) is 23.1 Å². The lowest BCUT2D eigenvalue weighted by atomic mass is 10.1. The molecule has 1 aromatic heterocycles. The largest absolute Gasteiger partial charge is 0.330 e. The molecule has 0 aliphatic carbocycles. The summed E-state index contributed by atoms with van der Waals surface area (Å²) in [4.78, 5) is 6.06. The van der Waals surface area contributed by atoms with Crippen molar-refractivity contribution in [3.63, 3.8) is 0 Å². The van der Waals surface area contributed by atoms with Crippen LogP contribution in [-0.2, 0) is 22.0 Å². The van der Waals surface area contributed by atoms with Crippen molar-refractivity contribution < 1.29 is 12.8 Å². The van der Waals surface area contributed by atoms with Crippen molar-refractivity contribution in [2.75, 3.05) is 26.2 Å². The van der Waals surface area contributed by atoms with Gasteiger partial charge in [0.1, 0.15) is 21.5 Å². The molecule has 1 atom stereocenters. The molecule has 9 heteroatoms. The van der Waals surface area contributed by atoms with Gasteiger partial charge in [0.25, 0.3) is 0 Å². The number of likely N-dealkylation sites (tertiary alicyclic amines) is 1. The number of nitrogens with two attached hydrogens (primary N) is 1. The normalized spacial score (nSPS) is 17.8. The fraction of sp³-hybridized carbons (Fsp3) is 0.550. The van der Waals surface area contributed by atoms with Gasteiger partial charge < -0.3 is 10.6 Å². The van der Waals surface area contributed by atoms with Crippen LogP contribution in [0.25, 0.3) is 0 Å². The van der Waals surface area contributed by atoms with Crippen molar-refractivity contribution in [3.8, 4) is 0 Å². The van der Waals surface area contributed by atoms with Gasteiger partial charge in [-0.05, 0) is 68.9 Å². The van der Waals surface area contributed by atoms with Gasteiger partial charge in [-0.2, -0.15) is 0 Å². The Bertz CT molecular complexity index is 907. The minimum absolute atomic E-state index is 0.300. The number of nitrogens with zero attached hydrogens (tertiary/aromatic N) is 2. The Morgan fingerprint density at radius 1 is 1.31 bits per heavy atom. The molecule has 1 unspecified atom stereocenters. The van der Waals surface area contributed by atoms with E-state index in [2.05, 4.69) is 9.88 Å². The average molecular weight is 460 g/mol. The van der Waals surface area contributed by atoms with E-state index in [1.807, 2.05) is 0 Å². The summed E-state index contributed by atoms with van der Waals surface area (Å²) in [6.45, 7) is 4.03. The van der Waals surface area contributed by atoms with E-state index in [4.69, 9.17) is 17.3 Å². The SMILES string of the molecule is NCC1CCN(CCCCCc2cc(F)c(S(=O)(=O)Cc3nccs3)cc2Cl)C1. The second-order valence-corrected chi connectivity index (χ2v) is 10.9. The zero-order valence-corrected chi connectivity index (χ0v) is 18.7. The molecule has 0 radical (unpaired) electrons. The highest BCUT2D eigenvalue weighted by molar-refractivity contribution is 7.90. The van der Waals surface area contributed by atoms with Crippen molar-refractivity contribution in [2.45, 2.75) is 42.8 Å². The zero-order chi connectivity index (χ0) is 20.9. The lowest BCUT2D eigenvalue weighted by molar-refractivity contribution is 0.316. The van der Waals surface area contributed by atoms with E-state index in [-0.39, 0.29) is 10.6 Å². The van der Waals surface area contributed by atoms with Gasteiger partial charge in [-0.1, -0.05) is 18.0 Å². The van der Waals surface area contributed by atoms with Gasteiger partial charge >= 0.3 is 0 Å². The Kier molecular flexibility index (Phi) is 8.04. The number of thiazole rings is 1. The molecule has 0 spiro atoms. The first kappa shape index (κ1) is 22.6. The van der Waals surface area contributed by atoms with E-state index in [9.17, 15) is 12.8 Å². The summed E-state index contributed by atoms with van der Waals surface area (Å²) in [7, 11) is -3.82. The van der Waals surface area contributed by atoms with E-state index < -0.39 is 15.7 Å². The van der Waals surface area contributed by atoms with Crippen molar-refractivity contribution in [3.05, 3.63) is 45.1 Å². The molecule has 0 amide bonds. The highest BCUT2D eigenvalue weighted by Gasteiger charge is 2.23. The highest BCUT2D eigenvalue weighted by Crippen LogP contribution is 2.28. The van der Waals surface area contributed by atoms with Crippen LogP contribution in [0.2, 0.25) is 5.02 Å². The number of halogens is 2. The lowest BCUT2D eigenvalue weighted by Gasteiger charge is -2.15. The molecule has 1 saturated heterocycles. The molecule has 1 aliphatic heterocycles. The molecule has 29 heavy (non-hydrogen) atoms. The molecule has 2 aromatic rings. The number of hydrogen-bond donors (Lipinski definition) is 1. The van der Waals surface area contributed by atoms with Gasteiger partial charge in [0.05, 0.1) is 0 Å². The zero-order valence-electron chi connectivity index (χ0n) is 16.3. The maximum atomic E-state index is 14.5. The van der Waals surface area contributed by atoms with Crippen LogP contribution >= 0.6 is 22.9 Å². The minimum atomic E-state index is -3.82. The van der Waals surface area contributed by atoms with E-state index in [0.717, 1.165) is 45.4 Å². The van der Waals surface area contributed by atoms with Crippen LogP contribution in [0.3, 0.4) is 0 Å². The van der Waals surface area contributed by atoms with Crippen LogP contribution < -0.4 is 5.73 Å². The highest BCUT2D eigenvalue weighted by atomic mass is 35.5. The third-order valence-electron chi connectivity index (χ3n) is 5.36. The number of sulfone groups is 1. The summed E-state index contributed by atoms with van der Waals surface area (Å²) in [5.41, 5.74) is 6.38. The summed E-state index contributed by atoms with van der Waals surface area (Å²) >= 11 is 7.50. The molecule has 0 saturated carbocycles. The first-order chi connectivity index (χ1) is 13.9. The number of benzene rings is 1. The van der Waals surface area contributed by atoms with Crippen LogP contribution in [0.4, 0.5) is 4.39 Å². The molecule has 1 aromatic carbocycles. The number of unbranched alkanes of at least 4 members (excludes halogenated alkanes) is 2. The Morgan fingerprint density at radius 3 is 2.83 bits per heavy atom. The van der Waals surface area contributed by atoms with Crippen LogP contribution in [0, 0.1) is 11.7 Å². The Hall–Kier alpha value is -1.06. The van der Waals surface area contributed by atoms with Crippen LogP contribution in [-0.4, -0.2) is 44.5 Å². The third kappa shape index (κ3) is 6.21. The predicted octanol–water partition coefficient (Wildman–Crippen LogP) is 3.90. The Labute approximate surface area is 181 Å². The van der Waals surface area contributed by atoms with Crippen molar-refractivity contribution in [1.82, 2.24) is 9.88 Å². The second kappa shape index (κ2) is 10.3. The van der Waals surface area contributed by atoms with Gasteiger partial charge in [-0.3, -0.25) is 0 Å². The smallest absolute Gasteiger partial charge is 0.187 e. The van der Waals surface area contributed by atoms with Gasteiger partial charge in [-0.15, -0.1) is 11.3 Å². The average Bonchev–Trinajstić information content (AvgIpc) is 3.35. The fourth-order valence-corrected chi connectivity index (χ4v) is 6.37. The molecule has 1 fully saturated rings. The van der Waals surface area contributed by atoms with Crippen molar-refractivity contribution >= 4 is 32.8 Å². The van der Waals surface area contributed by atoms with Crippen LogP contribution in [0.15, 0.2) is 28.6 Å². The molecule has 5 nitrogen and oxygen atoms in total. The number of aromatic nitrogens is 1. The van der Waals surface area contributed by atoms with E-state index in [1.165, 1.54) is 36.1 Å². The number of rotatable bonds is 10. The topological polar surface area (TPSA) is 76.3 Å². The Balaban J connectivity index is 1.51. The summed E-state index contributed by atoms with van der Waals surface area (Å²) in [5, 5.41) is 2.42. The summed E-state index contributed by atoms with van der Waals surface area (Å²) in [5.74, 6) is -0.438. The quantitative estimate of drug-likeness (QED) is 0.545. The van der Waals surface area contributed by atoms with Crippen molar-refractivity contribution in [1.29, 1.82) is 0 Å². The predicted molar refractivity (Wildman–Crippen MR) is 116 cm³/mol. The summed E-state index contributed by atoms with van der Waals surface area (Å²) in [6, 6.07) is 2.51. The molecule has 1 aliphatic rings. The fourth-order valence-electron chi connectivity index (χ4n) is 3.70. The third-order valence-corrected chi connectivity index (χ3v) is 8.31. The molecular formula is C20H27ClFN3O2S2. The molecule has 3 rings (SSSR count). The standard InChI is InChI=1S/C20H27ClFN3O2S2/c21-17-11-19(29(26,27)14-20-24-6-9-28-20)18(22)10-16(17)4-2-1-3-7-25-8-5-15(12-23)13-25/h6,9-11,15H,1-5,7-8,12-14,23H2. The van der Waals surface area contributed by atoms with Gasteiger partial charge in [-0.25, -0.2) is 17.8 Å². The molecule has 0 bridgehead atoms. The van der Waals surface area contributed by atoms with E-state index >= 15 is 0 Å². The monoisotopic (exact) mass is 459 g/mol. The molecular weight excluding hydrogens is 433 g/mol. The van der Waals surface area contributed by atoms with Crippen LogP contribution in [0.1, 0.15) is 36.3 Å². The summed E-state index contributed by atoms with van der Waals surface area (Å²) < 4.78 is 39.6. The molecule has 160 valence electrons. The molecule has 2 N–H and O–H groups in total. The molecule has 2 heterocycles.